The van der Waals surface area contributed by atoms with E-state index in [2.05, 4.69) is 38.3 Å². The minimum atomic E-state index is 0.484. The van der Waals surface area contributed by atoms with Gasteiger partial charge in [0.25, 0.3) is 0 Å². The molecule has 0 N–H and O–H groups in total. The Hall–Kier alpha value is 0.270. The van der Waals surface area contributed by atoms with Gasteiger partial charge >= 0.3 is 0 Å². The predicted octanol–water partition coefficient (Wildman–Crippen LogP) is 3.61. The molecule has 18 heavy (non-hydrogen) atoms. The lowest BCUT2D eigenvalue weighted by atomic mass is 10.1. The van der Waals surface area contributed by atoms with Crippen LogP contribution in [-0.4, -0.2) is 42.5 Å². The molecule has 1 aliphatic rings. The highest BCUT2D eigenvalue weighted by Gasteiger charge is 2.28. The highest BCUT2D eigenvalue weighted by molar-refractivity contribution is 7.80. The summed E-state index contributed by atoms with van der Waals surface area (Å²) in [6.07, 6.45) is 6.42. The van der Waals surface area contributed by atoms with Gasteiger partial charge in [-0.2, -0.15) is 12.6 Å². The Bertz CT molecular complexity index is 205. The zero-order chi connectivity index (χ0) is 13.4. The lowest BCUT2D eigenvalue weighted by Gasteiger charge is -2.23. The molecule has 0 bridgehead atoms. The van der Waals surface area contributed by atoms with Crippen LogP contribution in [0.25, 0.3) is 0 Å². The van der Waals surface area contributed by atoms with Gasteiger partial charge in [0, 0.05) is 37.6 Å². The molecule has 1 saturated carbocycles. The number of nitrogens with zero attached hydrogens (tertiary/aromatic N) is 1. The Morgan fingerprint density at radius 1 is 1.17 bits per heavy atom. The molecule has 0 aromatic heterocycles. The van der Waals surface area contributed by atoms with E-state index in [1.54, 1.807) is 0 Å². The molecule has 0 amide bonds. The summed E-state index contributed by atoms with van der Waals surface area (Å²) in [4.78, 5) is 2.59. The summed E-state index contributed by atoms with van der Waals surface area (Å²) in [5.74, 6) is 0.802. The average Bonchev–Trinajstić information content (AvgIpc) is 3.09. The van der Waals surface area contributed by atoms with Gasteiger partial charge in [0.15, 0.2) is 0 Å². The molecule has 1 aliphatic carbocycles. The predicted molar refractivity (Wildman–Crippen MR) is 82.6 cm³/mol. The van der Waals surface area contributed by atoms with Crippen LogP contribution < -0.4 is 0 Å². The first-order valence-corrected chi connectivity index (χ1v) is 8.11. The van der Waals surface area contributed by atoms with Gasteiger partial charge in [0.05, 0.1) is 0 Å². The first-order chi connectivity index (χ1) is 8.59. The van der Waals surface area contributed by atoms with Crippen molar-refractivity contribution < 1.29 is 4.74 Å². The first kappa shape index (κ1) is 16.3. The van der Waals surface area contributed by atoms with Gasteiger partial charge in [0.2, 0.25) is 0 Å². The maximum atomic E-state index is 5.69. The van der Waals surface area contributed by atoms with Crippen molar-refractivity contribution in [1.82, 2.24) is 4.90 Å². The van der Waals surface area contributed by atoms with Crippen LogP contribution in [0.2, 0.25) is 0 Å². The molecule has 1 atom stereocenters. The molecular formula is C15H31NOS. The molecular weight excluding hydrogens is 242 g/mol. The zero-order valence-electron chi connectivity index (χ0n) is 12.4. The van der Waals surface area contributed by atoms with Gasteiger partial charge in [-0.3, -0.25) is 4.90 Å². The van der Waals surface area contributed by atoms with Crippen LogP contribution in [0.4, 0.5) is 0 Å². The Kier molecular flexibility index (Phi) is 8.36. The summed E-state index contributed by atoms with van der Waals surface area (Å²) in [5.41, 5.74) is 0. The van der Waals surface area contributed by atoms with E-state index < -0.39 is 0 Å². The Labute approximate surface area is 119 Å². The van der Waals surface area contributed by atoms with E-state index in [-0.39, 0.29) is 0 Å². The molecule has 0 heterocycles. The van der Waals surface area contributed by atoms with Gasteiger partial charge in [-0.25, -0.2) is 0 Å². The van der Waals surface area contributed by atoms with Crippen molar-refractivity contribution in [2.24, 2.45) is 5.92 Å². The molecule has 1 unspecified atom stereocenters. The third kappa shape index (κ3) is 8.39. The summed E-state index contributed by atoms with van der Waals surface area (Å²) in [5, 5.41) is 0.484. The van der Waals surface area contributed by atoms with Crippen molar-refractivity contribution in [3.05, 3.63) is 0 Å². The van der Waals surface area contributed by atoms with E-state index >= 15 is 0 Å². The van der Waals surface area contributed by atoms with Gasteiger partial charge in [0.1, 0.15) is 0 Å². The monoisotopic (exact) mass is 273 g/mol. The number of hydrogen-bond acceptors (Lipinski definition) is 3. The molecule has 3 heteroatoms. The van der Waals surface area contributed by atoms with E-state index in [1.165, 1.54) is 38.6 Å². The Morgan fingerprint density at radius 3 is 2.39 bits per heavy atom. The SMILES string of the molecule is CC(C)CCCOCCCN(CC(C)S)C1CC1. The summed E-state index contributed by atoms with van der Waals surface area (Å²) in [6.45, 7) is 10.9. The van der Waals surface area contributed by atoms with Crippen molar-refractivity contribution >= 4 is 12.6 Å². The van der Waals surface area contributed by atoms with Crippen molar-refractivity contribution in [1.29, 1.82) is 0 Å². The van der Waals surface area contributed by atoms with Gasteiger partial charge in [-0.1, -0.05) is 20.8 Å². The summed E-state index contributed by atoms with van der Waals surface area (Å²) in [6, 6.07) is 0.848. The van der Waals surface area contributed by atoms with Crippen LogP contribution in [0.3, 0.4) is 0 Å². The first-order valence-electron chi connectivity index (χ1n) is 7.59. The lowest BCUT2D eigenvalue weighted by Crippen LogP contribution is -2.32. The second-order valence-electron chi connectivity index (χ2n) is 6.08. The second kappa shape index (κ2) is 9.22. The lowest BCUT2D eigenvalue weighted by molar-refractivity contribution is 0.114. The maximum Gasteiger partial charge on any atom is 0.0478 e. The number of rotatable bonds is 11. The minimum Gasteiger partial charge on any atom is -0.381 e. The smallest absolute Gasteiger partial charge is 0.0478 e. The second-order valence-corrected chi connectivity index (χ2v) is 6.96. The topological polar surface area (TPSA) is 12.5 Å². The molecule has 0 saturated heterocycles. The number of ether oxygens (including phenoxy) is 1. The van der Waals surface area contributed by atoms with Crippen molar-refractivity contribution in [2.45, 2.75) is 64.2 Å². The van der Waals surface area contributed by atoms with E-state index in [0.717, 1.165) is 31.7 Å². The fraction of sp³-hybridized carbons (Fsp3) is 1.00. The quantitative estimate of drug-likeness (QED) is 0.456. The fourth-order valence-electron chi connectivity index (χ4n) is 2.27. The Morgan fingerprint density at radius 2 is 1.83 bits per heavy atom. The van der Waals surface area contributed by atoms with Crippen LogP contribution in [0.15, 0.2) is 0 Å². The van der Waals surface area contributed by atoms with Gasteiger partial charge in [-0.15, -0.1) is 0 Å². The minimum absolute atomic E-state index is 0.484. The molecule has 0 aromatic rings. The van der Waals surface area contributed by atoms with Crippen molar-refractivity contribution in [3.63, 3.8) is 0 Å². The number of hydrogen-bond donors (Lipinski definition) is 1. The molecule has 0 radical (unpaired) electrons. The molecule has 1 fully saturated rings. The fourth-order valence-corrected chi connectivity index (χ4v) is 2.48. The Balaban J connectivity index is 1.95. The highest BCUT2D eigenvalue weighted by Crippen LogP contribution is 2.27. The molecule has 0 aromatic carbocycles. The molecule has 108 valence electrons. The summed E-state index contributed by atoms with van der Waals surface area (Å²) >= 11 is 4.50. The van der Waals surface area contributed by atoms with E-state index in [4.69, 9.17) is 4.74 Å². The van der Waals surface area contributed by atoms with Crippen LogP contribution in [-0.2, 0) is 4.74 Å². The van der Waals surface area contributed by atoms with E-state index in [9.17, 15) is 0 Å². The molecule has 0 spiro atoms. The molecule has 2 nitrogen and oxygen atoms in total. The number of thiol groups is 1. The van der Waals surface area contributed by atoms with Crippen LogP contribution in [0, 0.1) is 5.92 Å². The molecule has 1 rings (SSSR count). The van der Waals surface area contributed by atoms with Crippen LogP contribution in [0.5, 0.6) is 0 Å². The molecule has 0 aliphatic heterocycles. The standard InChI is InChI=1S/C15H31NOS/c1-13(2)6-4-10-17-11-5-9-16(12-14(3)18)15-7-8-15/h13-15,18H,4-12H2,1-3H3. The van der Waals surface area contributed by atoms with E-state index in [0.29, 0.717) is 5.25 Å². The maximum absolute atomic E-state index is 5.69. The normalized spacial score (nSPS) is 17.7. The van der Waals surface area contributed by atoms with Crippen molar-refractivity contribution in [3.8, 4) is 0 Å². The largest absolute Gasteiger partial charge is 0.381 e. The van der Waals surface area contributed by atoms with Gasteiger partial charge < -0.3 is 4.74 Å². The zero-order valence-corrected chi connectivity index (χ0v) is 13.3. The third-order valence-electron chi connectivity index (χ3n) is 3.37. The average molecular weight is 273 g/mol. The van der Waals surface area contributed by atoms with Crippen molar-refractivity contribution in [2.75, 3.05) is 26.3 Å². The van der Waals surface area contributed by atoms with Crippen LogP contribution in [0.1, 0.15) is 52.9 Å². The highest BCUT2D eigenvalue weighted by atomic mass is 32.1. The summed E-state index contributed by atoms with van der Waals surface area (Å²) in [7, 11) is 0. The van der Waals surface area contributed by atoms with Gasteiger partial charge in [-0.05, 0) is 38.0 Å². The van der Waals surface area contributed by atoms with E-state index in [1.807, 2.05) is 0 Å². The third-order valence-corrected chi connectivity index (χ3v) is 3.53. The summed E-state index contributed by atoms with van der Waals surface area (Å²) < 4.78 is 5.69. The van der Waals surface area contributed by atoms with Crippen LogP contribution >= 0.6 is 12.6 Å².